The molecule has 1 heterocycles. The summed E-state index contributed by atoms with van der Waals surface area (Å²) in [5.41, 5.74) is 19.1. The topological polar surface area (TPSA) is 459 Å². The van der Waals surface area contributed by atoms with Crippen molar-refractivity contribution in [1.82, 2.24) is 47.5 Å². The molecule has 1 aromatic heterocycles. The van der Waals surface area contributed by atoms with Gasteiger partial charge in [0.25, 0.3) is 0 Å². The van der Waals surface area contributed by atoms with Crippen molar-refractivity contribution >= 4 is 76.0 Å². The molecule has 2 rings (SSSR count). The number of hydrogen-bond acceptors (Lipinski definition) is 15. The van der Waals surface area contributed by atoms with Crippen LogP contribution in [-0.2, 0) is 59.2 Å². The summed E-state index contributed by atoms with van der Waals surface area (Å²) in [4.78, 5) is 149. The third-order valence-electron chi connectivity index (χ3n) is 13.4. The number of primary amides is 1. The number of carboxylic acid groups (broad SMARTS) is 2. The van der Waals surface area contributed by atoms with Gasteiger partial charge in [-0.15, -0.1) is 0 Å². The standard InChI is InChI=1S/C52H84N12O15/c1-9-26(5)40(62-47(73)36(21-25(3)4)59-44(70)32(54)22-30-24-56-33-16-12-11-15-31(30)33)48(74)58-35(18-19-38(55)67)46(72)63-42(28(7)65)50(76)57-34(17-13-14-20-53)45(71)61-41(27(6)10-2)49(75)64-43(29(8)66)51(77)60-37(52(78)79)23-39(68)69/h11-12,15-16,24-29,32,34-37,40-43,56,65-66H,9-10,13-14,17-23,53-54H2,1-8H3,(H2,55,67)(H,57,76)(H,58,74)(H,59,70)(H,60,77)(H,61,71)(H,62,73)(H,63,72)(H,64,75)(H,68,69)(H,78,79). The molecule has 79 heavy (non-hydrogen) atoms. The van der Waals surface area contributed by atoms with Gasteiger partial charge in [-0.05, 0) is 88.3 Å². The van der Waals surface area contributed by atoms with Crippen molar-refractivity contribution in [2.45, 2.75) is 186 Å². The number of para-hydroxylation sites is 1. The fourth-order valence-electron chi connectivity index (χ4n) is 8.31. The van der Waals surface area contributed by atoms with Crippen LogP contribution in [-0.4, -0.2) is 164 Å². The van der Waals surface area contributed by atoms with E-state index in [0.29, 0.717) is 12.8 Å². The molecule has 19 N–H and O–H groups in total. The van der Waals surface area contributed by atoms with E-state index in [-0.39, 0.29) is 44.6 Å². The minimum absolute atomic E-state index is 0.0948. The zero-order valence-corrected chi connectivity index (χ0v) is 46.3. The number of amides is 9. The Kier molecular flexibility index (Phi) is 28.6. The van der Waals surface area contributed by atoms with Gasteiger partial charge in [-0.3, -0.25) is 47.9 Å². The number of unbranched alkanes of at least 4 members (excludes halogenated alkanes) is 1. The molecule has 0 spiro atoms. The summed E-state index contributed by atoms with van der Waals surface area (Å²) in [5, 5.41) is 60.4. The highest BCUT2D eigenvalue weighted by Gasteiger charge is 2.39. The second-order valence-electron chi connectivity index (χ2n) is 20.5. The molecule has 0 radical (unpaired) electrons. The Hall–Kier alpha value is -7.23. The third-order valence-corrected chi connectivity index (χ3v) is 13.4. The third kappa shape index (κ3) is 22.2. The van der Waals surface area contributed by atoms with Crippen molar-refractivity contribution in [1.29, 1.82) is 0 Å². The number of aliphatic hydroxyl groups excluding tert-OH is 2. The maximum atomic E-state index is 14.2. The fraction of sp³-hybridized carbons (Fsp3) is 0.635. The number of aliphatic carboxylic acids is 2. The van der Waals surface area contributed by atoms with Crippen molar-refractivity contribution in [2.24, 2.45) is 35.0 Å². The minimum Gasteiger partial charge on any atom is -0.481 e. The number of carboxylic acids is 2. The maximum Gasteiger partial charge on any atom is 0.326 e. The molecular weight excluding hydrogens is 1030 g/mol. The zero-order chi connectivity index (χ0) is 59.8. The molecule has 1 aromatic carbocycles. The summed E-state index contributed by atoms with van der Waals surface area (Å²) < 4.78 is 0. The molecule has 0 saturated heterocycles. The first-order valence-corrected chi connectivity index (χ1v) is 26.6. The van der Waals surface area contributed by atoms with Crippen LogP contribution in [0.15, 0.2) is 30.5 Å². The summed E-state index contributed by atoms with van der Waals surface area (Å²) in [7, 11) is 0. The van der Waals surface area contributed by atoms with Crippen molar-refractivity contribution in [3.8, 4) is 0 Å². The highest BCUT2D eigenvalue weighted by molar-refractivity contribution is 5.99. The Balaban J connectivity index is 2.38. The smallest absolute Gasteiger partial charge is 0.326 e. The summed E-state index contributed by atoms with van der Waals surface area (Å²) in [6, 6.07) is -6.14. The lowest BCUT2D eigenvalue weighted by atomic mass is 9.96. The van der Waals surface area contributed by atoms with Crippen LogP contribution in [0, 0.1) is 17.8 Å². The van der Waals surface area contributed by atoms with Crippen LogP contribution in [0.4, 0.5) is 0 Å². The number of carbonyl (C=O) groups is 11. The number of rotatable bonds is 36. The van der Waals surface area contributed by atoms with Crippen LogP contribution in [0.5, 0.6) is 0 Å². The van der Waals surface area contributed by atoms with E-state index in [2.05, 4.69) is 42.2 Å². The first-order valence-electron chi connectivity index (χ1n) is 26.6. The Labute approximate surface area is 459 Å². The lowest BCUT2D eigenvalue weighted by Crippen LogP contribution is -2.63. The molecule has 27 heteroatoms. The largest absolute Gasteiger partial charge is 0.481 e. The van der Waals surface area contributed by atoms with Gasteiger partial charge in [0.15, 0.2) is 0 Å². The number of aromatic nitrogens is 1. The first kappa shape index (κ1) is 67.9. The molecule has 2 aromatic rings. The van der Waals surface area contributed by atoms with E-state index in [0.717, 1.165) is 30.3 Å². The van der Waals surface area contributed by atoms with E-state index < -0.39 is 163 Å². The van der Waals surface area contributed by atoms with Gasteiger partial charge in [0, 0.05) is 23.5 Å². The van der Waals surface area contributed by atoms with Crippen molar-refractivity contribution in [2.75, 3.05) is 6.54 Å². The number of fused-ring (bicyclic) bond motifs is 1. The van der Waals surface area contributed by atoms with Crippen molar-refractivity contribution in [3.63, 3.8) is 0 Å². The Morgan fingerprint density at radius 2 is 1.01 bits per heavy atom. The highest BCUT2D eigenvalue weighted by Crippen LogP contribution is 2.20. The van der Waals surface area contributed by atoms with E-state index in [1.165, 1.54) is 0 Å². The molecule has 13 atom stereocenters. The second kappa shape index (κ2) is 33.3. The lowest BCUT2D eigenvalue weighted by molar-refractivity contribution is -0.148. The molecule has 9 amide bonds. The van der Waals surface area contributed by atoms with Gasteiger partial charge in [0.2, 0.25) is 53.2 Å². The monoisotopic (exact) mass is 1120 g/mol. The molecule has 0 bridgehead atoms. The Morgan fingerprint density at radius 1 is 0.570 bits per heavy atom. The number of hydrogen-bond donors (Lipinski definition) is 16. The molecule has 0 aliphatic carbocycles. The maximum absolute atomic E-state index is 14.2. The zero-order valence-electron chi connectivity index (χ0n) is 46.3. The number of nitrogens with one attached hydrogen (secondary N) is 9. The Bertz CT molecular complexity index is 2410. The van der Waals surface area contributed by atoms with Crippen LogP contribution < -0.4 is 59.7 Å². The molecule has 27 nitrogen and oxygen atoms in total. The van der Waals surface area contributed by atoms with Crippen LogP contribution in [0.2, 0.25) is 0 Å². The van der Waals surface area contributed by atoms with Gasteiger partial charge < -0.3 is 85.1 Å². The average Bonchev–Trinajstić information content (AvgIpc) is 3.79. The van der Waals surface area contributed by atoms with E-state index in [1.807, 2.05) is 43.4 Å². The van der Waals surface area contributed by atoms with E-state index in [4.69, 9.17) is 22.3 Å². The molecule has 442 valence electrons. The number of carbonyl (C=O) groups excluding carboxylic acids is 9. The SMILES string of the molecule is CCC(C)C(NC(=O)C(CC(C)C)NC(=O)C(N)Cc1c[nH]c2ccccc12)C(=O)NC(CCC(N)=O)C(=O)NC(C(=O)NC(CCCCN)C(=O)NC(C(=O)NC(C(=O)NC(CC(=O)O)C(=O)O)C(C)O)C(C)CC)C(C)O. The predicted molar refractivity (Wildman–Crippen MR) is 288 cm³/mol. The molecule has 0 aliphatic rings. The number of H-pyrrole nitrogens is 1. The van der Waals surface area contributed by atoms with Crippen LogP contribution in [0.1, 0.15) is 119 Å². The molecular formula is C52H84N12O15. The van der Waals surface area contributed by atoms with Crippen LogP contribution >= 0.6 is 0 Å². The van der Waals surface area contributed by atoms with Crippen LogP contribution in [0.25, 0.3) is 10.9 Å². The fourth-order valence-corrected chi connectivity index (χ4v) is 8.31. The summed E-state index contributed by atoms with van der Waals surface area (Å²) in [5.74, 6) is -13.1. The van der Waals surface area contributed by atoms with Crippen molar-refractivity contribution < 1.29 is 73.2 Å². The number of benzene rings is 1. The summed E-state index contributed by atoms with van der Waals surface area (Å²) in [6.45, 7) is 12.8. The van der Waals surface area contributed by atoms with E-state index in [9.17, 15) is 68.1 Å². The second-order valence-corrected chi connectivity index (χ2v) is 20.5. The van der Waals surface area contributed by atoms with E-state index in [1.54, 1.807) is 33.9 Å². The first-order chi connectivity index (χ1) is 37.1. The van der Waals surface area contributed by atoms with Gasteiger partial charge in [-0.1, -0.05) is 72.6 Å². The van der Waals surface area contributed by atoms with Gasteiger partial charge in [0.05, 0.1) is 24.7 Å². The normalized spacial score (nSPS) is 16.3. The van der Waals surface area contributed by atoms with E-state index >= 15 is 0 Å². The van der Waals surface area contributed by atoms with Crippen molar-refractivity contribution in [3.05, 3.63) is 36.0 Å². The molecule has 0 aliphatic heterocycles. The van der Waals surface area contributed by atoms with Gasteiger partial charge in [0.1, 0.15) is 48.3 Å². The number of aromatic amines is 1. The quantitative estimate of drug-likeness (QED) is 0.0321. The van der Waals surface area contributed by atoms with Crippen LogP contribution in [0.3, 0.4) is 0 Å². The molecule has 0 saturated carbocycles. The van der Waals surface area contributed by atoms with Gasteiger partial charge >= 0.3 is 11.9 Å². The minimum atomic E-state index is -1.92. The van der Waals surface area contributed by atoms with Gasteiger partial charge in [-0.25, -0.2) is 4.79 Å². The number of nitrogens with two attached hydrogens (primary N) is 3. The molecule has 0 fully saturated rings. The lowest BCUT2D eigenvalue weighted by Gasteiger charge is -2.31. The Morgan fingerprint density at radius 3 is 1.48 bits per heavy atom. The number of aliphatic hydroxyl groups is 2. The average molecular weight is 1120 g/mol. The highest BCUT2D eigenvalue weighted by atomic mass is 16.4. The summed E-state index contributed by atoms with van der Waals surface area (Å²) >= 11 is 0. The molecule has 13 unspecified atom stereocenters. The predicted octanol–water partition coefficient (Wildman–Crippen LogP) is -2.23. The summed E-state index contributed by atoms with van der Waals surface area (Å²) in [6.07, 6.45) is -2.04. The van der Waals surface area contributed by atoms with Gasteiger partial charge in [-0.2, -0.15) is 0 Å².